The lowest BCUT2D eigenvalue weighted by molar-refractivity contribution is -0.138. The van der Waals surface area contributed by atoms with Gasteiger partial charge in [0.05, 0.1) is 6.10 Å². The Labute approximate surface area is 165 Å². The second-order valence-corrected chi connectivity index (χ2v) is 11.2. The number of carboxylic acids is 1. The van der Waals surface area contributed by atoms with Crippen molar-refractivity contribution in [2.24, 2.45) is 46.3 Å². The molecule has 4 fully saturated rings. The van der Waals surface area contributed by atoms with Crippen molar-refractivity contribution in [3.63, 3.8) is 0 Å². The van der Waals surface area contributed by atoms with Gasteiger partial charge in [-0.2, -0.15) is 0 Å². The number of aliphatic hydroxyl groups excluding tert-OH is 1. The van der Waals surface area contributed by atoms with E-state index in [0.29, 0.717) is 29.1 Å². The Hall–Kier alpha value is -0.570. The van der Waals surface area contributed by atoms with E-state index in [0.717, 1.165) is 42.9 Å². The summed E-state index contributed by atoms with van der Waals surface area (Å²) in [4.78, 5) is 11.0. The molecule has 0 spiro atoms. The van der Waals surface area contributed by atoms with Crippen molar-refractivity contribution in [2.75, 3.05) is 0 Å². The molecule has 0 saturated heterocycles. The van der Waals surface area contributed by atoms with Crippen LogP contribution in [0.25, 0.3) is 0 Å². The molecule has 4 saturated carbocycles. The minimum atomic E-state index is -0.643. The molecule has 0 aromatic carbocycles. The molecule has 0 bridgehead atoms. The molecule has 4 aliphatic rings. The summed E-state index contributed by atoms with van der Waals surface area (Å²) < 4.78 is 0. The lowest BCUT2D eigenvalue weighted by Gasteiger charge is -2.61. The largest absolute Gasteiger partial charge is 0.481 e. The molecule has 0 radical (unpaired) electrons. The predicted octanol–water partition coefficient (Wildman–Crippen LogP) is 5.51. The molecule has 27 heavy (non-hydrogen) atoms. The summed E-state index contributed by atoms with van der Waals surface area (Å²) in [5, 5.41) is 19.3. The van der Waals surface area contributed by atoms with Crippen LogP contribution in [-0.4, -0.2) is 22.3 Å². The summed E-state index contributed by atoms with van der Waals surface area (Å²) in [7, 11) is 0. The van der Waals surface area contributed by atoms with Crippen molar-refractivity contribution in [3.8, 4) is 0 Å². The van der Waals surface area contributed by atoms with E-state index in [-0.39, 0.29) is 6.10 Å². The predicted molar refractivity (Wildman–Crippen MR) is 107 cm³/mol. The van der Waals surface area contributed by atoms with Crippen LogP contribution in [0.1, 0.15) is 91.4 Å². The molecule has 154 valence electrons. The van der Waals surface area contributed by atoms with Gasteiger partial charge in [0, 0.05) is 6.42 Å². The summed E-state index contributed by atoms with van der Waals surface area (Å²) in [6, 6.07) is 0. The Morgan fingerprint density at radius 3 is 2.44 bits per heavy atom. The lowest BCUT2D eigenvalue weighted by Crippen LogP contribution is -2.54. The molecule has 0 amide bonds. The van der Waals surface area contributed by atoms with Crippen molar-refractivity contribution in [1.29, 1.82) is 0 Å². The zero-order chi connectivity index (χ0) is 19.4. The third-order valence-electron chi connectivity index (χ3n) is 10.2. The number of aliphatic carboxylic acids is 1. The lowest BCUT2D eigenvalue weighted by atomic mass is 9.44. The zero-order valence-electron chi connectivity index (χ0n) is 17.6. The average Bonchev–Trinajstić information content (AvgIpc) is 2.97. The van der Waals surface area contributed by atoms with Gasteiger partial charge in [-0.05, 0) is 111 Å². The molecule has 0 aromatic heterocycles. The number of carbonyl (C=O) groups is 1. The van der Waals surface area contributed by atoms with Crippen LogP contribution in [0.15, 0.2) is 0 Å². The number of carboxylic acid groups (broad SMARTS) is 1. The Kier molecular flexibility index (Phi) is 5.15. The maximum Gasteiger partial charge on any atom is 0.303 e. The van der Waals surface area contributed by atoms with Crippen LogP contribution >= 0.6 is 0 Å². The maximum absolute atomic E-state index is 11.0. The molecule has 0 heterocycles. The van der Waals surface area contributed by atoms with Gasteiger partial charge in [-0.25, -0.2) is 0 Å². The third-order valence-corrected chi connectivity index (χ3v) is 10.2. The summed E-state index contributed by atoms with van der Waals surface area (Å²) in [6.45, 7) is 7.43. The normalized spacial score (nSPS) is 50.4. The highest BCUT2D eigenvalue weighted by atomic mass is 16.4. The minimum Gasteiger partial charge on any atom is -0.481 e. The van der Waals surface area contributed by atoms with Gasteiger partial charge < -0.3 is 10.2 Å². The van der Waals surface area contributed by atoms with Gasteiger partial charge in [-0.3, -0.25) is 4.79 Å². The van der Waals surface area contributed by atoms with Gasteiger partial charge in [-0.1, -0.05) is 20.8 Å². The van der Waals surface area contributed by atoms with E-state index in [1.807, 2.05) is 0 Å². The van der Waals surface area contributed by atoms with Gasteiger partial charge in [0.15, 0.2) is 0 Å². The second-order valence-electron chi connectivity index (χ2n) is 11.2. The molecule has 4 aliphatic carbocycles. The zero-order valence-corrected chi connectivity index (χ0v) is 17.6. The SMILES string of the molecule is C[C@H](CCC(=O)O)[C@@H]1CC[C@H]2[C@@H]3CC[C@H]4C[C@@H](O)CC[C@]4(C)[C@@H]3CC[C@@]21C. The molecule has 9 atom stereocenters. The van der Waals surface area contributed by atoms with Crippen molar-refractivity contribution in [3.05, 3.63) is 0 Å². The van der Waals surface area contributed by atoms with Gasteiger partial charge in [0.1, 0.15) is 0 Å². The van der Waals surface area contributed by atoms with Crippen LogP contribution in [0.3, 0.4) is 0 Å². The fourth-order valence-electron chi connectivity index (χ4n) is 8.76. The Bertz CT molecular complexity index is 574. The third kappa shape index (κ3) is 3.16. The van der Waals surface area contributed by atoms with E-state index in [1.54, 1.807) is 0 Å². The Balaban J connectivity index is 1.51. The van der Waals surface area contributed by atoms with Crippen LogP contribution in [0.2, 0.25) is 0 Å². The summed E-state index contributed by atoms with van der Waals surface area (Å²) in [5.41, 5.74) is 0.882. The number of hydrogen-bond donors (Lipinski definition) is 2. The number of fused-ring (bicyclic) bond motifs is 5. The molecule has 0 unspecified atom stereocenters. The molecule has 2 N–H and O–H groups in total. The molecule has 0 aromatic rings. The monoisotopic (exact) mass is 376 g/mol. The van der Waals surface area contributed by atoms with E-state index in [2.05, 4.69) is 20.8 Å². The van der Waals surface area contributed by atoms with E-state index in [4.69, 9.17) is 5.11 Å². The second kappa shape index (κ2) is 7.04. The molecule has 3 nitrogen and oxygen atoms in total. The first-order chi connectivity index (χ1) is 12.8. The van der Waals surface area contributed by atoms with Crippen LogP contribution in [0, 0.1) is 46.3 Å². The van der Waals surface area contributed by atoms with Crippen molar-refractivity contribution in [1.82, 2.24) is 0 Å². The smallest absolute Gasteiger partial charge is 0.303 e. The Morgan fingerprint density at radius 1 is 1.00 bits per heavy atom. The number of rotatable bonds is 4. The van der Waals surface area contributed by atoms with Gasteiger partial charge in [0.25, 0.3) is 0 Å². The summed E-state index contributed by atoms with van der Waals surface area (Å²) in [5.74, 6) is 3.91. The standard InChI is InChI=1S/C24H40O3/c1-15(4-9-22(26)27)19-7-8-20-18-6-5-16-14-17(25)10-12-23(16,2)21(18)11-13-24(19,20)3/h15-21,25H,4-14H2,1-3H3,(H,26,27)/t15-,16+,17+,18+,19+,20+,21-,23+,24-/m1/s1. The number of aliphatic hydroxyl groups is 1. The van der Waals surface area contributed by atoms with E-state index in [1.165, 1.54) is 44.9 Å². The van der Waals surface area contributed by atoms with E-state index < -0.39 is 5.97 Å². The first-order valence-electron chi connectivity index (χ1n) is 11.7. The quantitative estimate of drug-likeness (QED) is 0.680. The molecule has 3 heteroatoms. The molecule has 4 rings (SSSR count). The average molecular weight is 377 g/mol. The highest BCUT2D eigenvalue weighted by Crippen LogP contribution is 2.68. The minimum absolute atomic E-state index is 0.0561. The first-order valence-corrected chi connectivity index (χ1v) is 11.7. The van der Waals surface area contributed by atoms with E-state index >= 15 is 0 Å². The van der Waals surface area contributed by atoms with Crippen LogP contribution in [-0.2, 0) is 4.79 Å². The highest BCUT2D eigenvalue weighted by Gasteiger charge is 2.60. The van der Waals surface area contributed by atoms with Gasteiger partial charge >= 0.3 is 5.97 Å². The topological polar surface area (TPSA) is 57.5 Å². The van der Waals surface area contributed by atoms with Crippen LogP contribution in [0.4, 0.5) is 0 Å². The van der Waals surface area contributed by atoms with Crippen molar-refractivity contribution in [2.45, 2.75) is 97.5 Å². The van der Waals surface area contributed by atoms with Gasteiger partial charge in [0.2, 0.25) is 0 Å². The molecular formula is C24H40O3. The van der Waals surface area contributed by atoms with Crippen molar-refractivity contribution < 1.29 is 15.0 Å². The van der Waals surface area contributed by atoms with Crippen LogP contribution < -0.4 is 0 Å². The van der Waals surface area contributed by atoms with Crippen molar-refractivity contribution >= 4 is 5.97 Å². The van der Waals surface area contributed by atoms with Gasteiger partial charge in [-0.15, -0.1) is 0 Å². The molecule has 0 aliphatic heterocycles. The van der Waals surface area contributed by atoms with Crippen LogP contribution in [0.5, 0.6) is 0 Å². The van der Waals surface area contributed by atoms with E-state index in [9.17, 15) is 9.90 Å². The number of hydrogen-bond acceptors (Lipinski definition) is 2. The first kappa shape index (κ1) is 19.7. The maximum atomic E-state index is 11.0. The summed E-state index contributed by atoms with van der Waals surface area (Å²) in [6.07, 6.45) is 12.4. The highest BCUT2D eigenvalue weighted by molar-refractivity contribution is 5.66. The molecular weight excluding hydrogens is 336 g/mol. The fraction of sp³-hybridized carbons (Fsp3) is 0.958. The fourth-order valence-corrected chi connectivity index (χ4v) is 8.76. The Morgan fingerprint density at radius 2 is 1.70 bits per heavy atom. The summed E-state index contributed by atoms with van der Waals surface area (Å²) >= 11 is 0.